The lowest BCUT2D eigenvalue weighted by molar-refractivity contribution is -0.124. The van der Waals surface area contributed by atoms with E-state index in [4.69, 9.17) is 4.74 Å². The molecule has 0 saturated carbocycles. The maximum absolute atomic E-state index is 11.9. The van der Waals surface area contributed by atoms with Crippen LogP contribution in [0, 0.1) is 0 Å². The first kappa shape index (κ1) is 15.7. The highest BCUT2D eigenvalue weighted by molar-refractivity contribution is 7.91. The molecule has 1 amide bonds. The van der Waals surface area contributed by atoms with Crippen molar-refractivity contribution < 1.29 is 17.9 Å². The van der Waals surface area contributed by atoms with Gasteiger partial charge in [0, 0.05) is 25.7 Å². The van der Waals surface area contributed by atoms with E-state index in [0.717, 1.165) is 19.6 Å². The molecule has 2 atom stereocenters. The number of nitrogens with zero attached hydrogens (tertiary/aromatic N) is 1. The van der Waals surface area contributed by atoms with Gasteiger partial charge in [0.1, 0.15) is 0 Å². The van der Waals surface area contributed by atoms with Crippen molar-refractivity contribution in [3.05, 3.63) is 0 Å². The Balaban J connectivity index is 1.74. The SMILES string of the molecule is CNCC1CN(CC(=O)NC2CCS(=O)(=O)C2)CCO1. The first-order valence-electron chi connectivity index (χ1n) is 6.97. The molecule has 0 aliphatic carbocycles. The van der Waals surface area contributed by atoms with E-state index < -0.39 is 9.84 Å². The van der Waals surface area contributed by atoms with Crippen LogP contribution in [0.2, 0.25) is 0 Å². The van der Waals surface area contributed by atoms with E-state index in [1.165, 1.54) is 0 Å². The number of sulfone groups is 1. The number of nitrogens with one attached hydrogen (secondary N) is 2. The Labute approximate surface area is 120 Å². The third-order valence-corrected chi connectivity index (χ3v) is 5.39. The monoisotopic (exact) mass is 305 g/mol. The molecular formula is C12H23N3O4S. The topological polar surface area (TPSA) is 87.7 Å². The molecule has 0 aromatic carbocycles. The average molecular weight is 305 g/mol. The third-order valence-electron chi connectivity index (χ3n) is 3.62. The van der Waals surface area contributed by atoms with Crippen molar-refractivity contribution in [2.75, 3.05) is 51.3 Å². The molecule has 0 aromatic rings. The van der Waals surface area contributed by atoms with Crippen LogP contribution < -0.4 is 10.6 Å². The van der Waals surface area contributed by atoms with Crippen LogP contribution in [0.1, 0.15) is 6.42 Å². The van der Waals surface area contributed by atoms with Crippen molar-refractivity contribution in [3.8, 4) is 0 Å². The lowest BCUT2D eigenvalue weighted by Gasteiger charge is -2.32. The van der Waals surface area contributed by atoms with Gasteiger partial charge in [-0.15, -0.1) is 0 Å². The summed E-state index contributed by atoms with van der Waals surface area (Å²) in [6.45, 7) is 3.14. The van der Waals surface area contributed by atoms with Crippen LogP contribution in [0.4, 0.5) is 0 Å². The third kappa shape index (κ3) is 4.69. The molecule has 2 N–H and O–H groups in total. The van der Waals surface area contributed by atoms with Gasteiger partial charge in [-0.05, 0) is 13.5 Å². The molecule has 2 fully saturated rings. The molecule has 2 heterocycles. The number of ether oxygens (including phenoxy) is 1. The fourth-order valence-corrected chi connectivity index (χ4v) is 4.33. The van der Waals surface area contributed by atoms with Crippen molar-refractivity contribution in [1.82, 2.24) is 15.5 Å². The van der Waals surface area contributed by atoms with E-state index in [0.29, 0.717) is 19.6 Å². The van der Waals surface area contributed by atoms with Crippen LogP contribution in [0.3, 0.4) is 0 Å². The van der Waals surface area contributed by atoms with E-state index in [1.807, 2.05) is 11.9 Å². The van der Waals surface area contributed by atoms with E-state index in [1.54, 1.807) is 0 Å². The zero-order valence-corrected chi connectivity index (χ0v) is 12.6. The molecule has 0 spiro atoms. The van der Waals surface area contributed by atoms with Crippen LogP contribution in [0.5, 0.6) is 0 Å². The predicted molar refractivity (Wildman–Crippen MR) is 75.3 cm³/mol. The standard InChI is InChI=1S/C12H23N3O4S/c1-13-6-11-7-15(3-4-19-11)8-12(16)14-10-2-5-20(17,18)9-10/h10-11,13H,2-9H2,1H3,(H,14,16). The second kappa shape index (κ2) is 6.84. The normalized spacial score (nSPS) is 30.2. The molecule has 20 heavy (non-hydrogen) atoms. The summed E-state index contributed by atoms with van der Waals surface area (Å²) >= 11 is 0. The maximum atomic E-state index is 11.9. The van der Waals surface area contributed by atoms with Crippen LogP contribution in [-0.4, -0.2) is 82.7 Å². The van der Waals surface area contributed by atoms with Crippen molar-refractivity contribution in [1.29, 1.82) is 0 Å². The molecule has 116 valence electrons. The van der Waals surface area contributed by atoms with Gasteiger partial charge in [-0.3, -0.25) is 9.69 Å². The van der Waals surface area contributed by atoms with Gasteiger partial charge in [-0.1, -0.05) is 0 Å². The first-order valence-corrected chi connectivity index (χ1v) is 8.79. The fourth-order valence-electron chi connectivity index (χ4n) is 2.66. The molecule has 7 nitrogen and oxygen atoms in total. The summed E-state index contributed by atoms with van der Waals surface area (Å²) in [5.41, 5.74) is 0. The van der Waals surface area contributed by atoms with Crippen molar-refractivity contribution in [2.24, 2.45) is 0 Å². The largest absolute Gasteiger partial charge is 0.374 e. The summed E-state index contributed by atoms with van der Waals surface area (Å²) in [6.07, 6.45) is 0.632. The van der Waals surface area contributed by atoms with Gasteiger partial charge in [-0.25, -0.2) is 8.42 Å². The Kier molecular flexibility index (Phi) is 5.36. The molecule has 0 radical (unpaired) electrons. The number of hydrogen-bond acceptors (Lipinski definition) is 6. The minimum absolute atomic E-state index is 0.0736. The van der Waals surface area contributed by atoms with Gasteiger partial charge in [0.15, 0.2) is 9.84 Å². The van der Waals surface area contributed by atoms with Crippen molar-refractivity contribution in [2.45, 2.75) is 18.6 Å². The molecule has 0 aromatic heterocycles. The Hall–Kier alpha value is -0.700. The minimum Gasteiger partial charge on any atom is -0.374 e. The summed E-state index contributed by atoms with van der Waals surface area (Å²) in [5.74, 6) is 0.154. The maximum Gasteiger partial charge on any atom is 0.234 e. The molecule has 8 heteroatoms. The summed E-state index contributed by atoms with van der Waals surface area (Å²) in [6, 6.07) is -0.221. The summed E-state index contributed by atoms with van der Waals surface area (Å²) in [7, 11) is -1.08. The second-order valence-corrected chi connectivity index (χ2v) is 7.68. The predicted octanol–water partition coefficient (Wildman–Crippen LogP) is -1.79. The van der Waals surface area contributed by atoms with Gasteiger partial charge < -0.3 is 15.4 Å². The van der Waals surface area contributed by atoms with Gasteiger partial charge in [-0.2, -0.15) is 0 Å². The highest BCUT2D eigenvalue weighted by Crippen LogP contribution is 2.11. The van der Waals surface area contributed by atoms with Crippen molar-refractivity contribution >= 4 is 15.7 Å². The summed E-state index contributed by atoms with van der Waals surface area (Å²) in [4.78, 5) is 14.0. The van der Waals surface area contributed by atoms with Crippen molar-refractivity contribution in [3.63, 3.8) is 0 Å². The molecule has 2 rings (SSSR count). The van der Waals surface area contributed by atoms with E-state index in [-0.39, 0.29) is 29.6 Å². The molecule has 2 unspecified atom stereocenters. The van der Waals surface area contributed by atoms with Crippen LogP contribution in [0.15, 0.2) is 0 Å². The van der Waals surface area contributed by atoms with E-state index >= 15 is 0 Å². The molecule has 2 aliphatic rings. The Morgan fingerprint density at radius 2 is 2.25 bits per heavy atom. The zero-order chi connectivity index (χ0) is 14.6. The number of carbonyl (C=O) groups is 1. The Bertz CT molecular complexity index is 438. The first-order chi connectivity index (χ1) is 9.48. The highest BCUT2D eigenvalue weighted by atomic mass is 32.2. The average Bonchev–Trinajstić information content (AvgIpc) is 2.69. The van der Waals surface area contributed by atoms with Gasteiger partial charge in [0.2, 0.25) is 5.91 Å². The quantitative estimate of drug-likeness (QED) is 0.624. The van der Waals surface area contributed by atoms with E-state index in [9.17, 15) is 13.2 Å². The molecule has 2 aliphatic heterocycles. The van der Waals surface area contributed by atoms with Gasteiger partial charge in [0.25, 0.3) is 0 Å². The molecule has 2 saturated heterocycles. The van der Waals surface area contributed by atoms with Gasteiger partial charge >= 0.3 is 0 Å². The number of rotatable bonds is 5. The van der Waals surface area contributed by atoms with E-state index in [2.05, 4.69) is 10.6 Å². The minimum atomic E-state index is -2.95. The number of hydrogen-bond donors (Lipinski definition) is 2. The molecular weight excluding hydrogens is 282 g/mol. The van der Waals surface area contributed by atoms with Crippen LogP contribution in [-0.2, 0) is 19.4 Å². The lowest BCUT2D eigenvalue weighted by Crippen LogP contribution is -2.50. The smallest absolute Gasteiger partial charge is 0.234 e. The lowest BCUT2D eigenvalue weighted by atomic mass is 10.2. The second-order valence-electron chi connectivity index (χ2n) is 5.45. The number of amides is 1. The molecule has 0 bridgehead atoms. The fraction of sp³-hybridized carbons (Fsp3) is 0.917. The number of morpholine rings is 1. The highest BCUT2D eigenvalue weighted by Gasteiger charge is 2.29. The Morgan fingerprint density at radius 1 is 1.45 bits per heavy atom. The zero-order valence-electron chi connectivity index (χ0n) is 11.8. The number of carbonyl (C=O) groups excluding carboxylic acids is 1. The summed E-state index contributed by atoms with van der Waals surface area (Å²) in [5, 5.41) is 5.87. The Morgan fingerprint density at radius 3 is 2.90 bits per heavy atom. The number of likely N-dealkylation sites (N-methyl/N-ethyl adjacent to an activating group) is 1. The van der Waals surface area contributed by atoms with Gasteiger partial charge in [0.05, 0.1) is 30.8 Å². The van der Waals surface area contributed by atoms with Crippen LogP contribution >= 0.6 is 0 Å². The van der Waals surface area contributed by atoms with Crippen LogP contribution in [0.25, 0.3) is 0 Å². The summed E-state index contributed by atoms with van der Waals surface area (Å²) < 4.78 is 28.3.